The molecule has 1 aromatic heterocycles. The van der Waals surface area contributed by atoms with Gasteiger partial charge in [0, 0.05) is 23.3 Å². The number of hydrogen-bond donors (Lipinski definition) is 3. The van der Waals surface area contributed by atoms with Crippen LogP contribution in [0.2, 0.25) is 0 Å². The van der Waals surface area contributed by atoms with Crippen molar-refractivity contribution in [3.63, 3.8) is 0 Å². The Labute approximate surface area is 94.5 Å². The predicted octanol–water partition coefficient (Wildman–Crippen LogP) is 1.16. The molecule has 7 heteroatoms. The second kappa shape index (κ2) is 5.88. The fourth-order valence-corrected chi connectivity index (χ4v) is 1.85. The van der Waals surface area contributed by atoms with Crippen molar-refractivity contribution >= 4 is 17.3 Å². The third kappa shape index (κ3) is 3.84. The Kier molecular flexibility index (Phi) is 4.78. The quantitative estimate of drug-likeness (QED) is 0.709. The topological polar surface area (TPSA) is 69.6 Å². The van der Waals surface area contributed by atoms with E-state index < -0.39 is 18.5 Å². The van der Waals surface area contributed by atoms with Crippen LogP contribution in [0.25, 0.3) is 0 Å². The van der Waals surface area contributed by atoms with Gasteiger partial charge in [-0.15, -0.1) is 11.3 Å². The molecule has 1 unspecified atom stereocenters. The number of alkyl halides is 2. The number of halogens is 2. The molecule has 0 saturated heterocycles. The maximum Gasteiger partial charge on any atom is 0.336 e. The molecule has 0 aliphatic rings. The number of carboxylic acid groups (broad SMARTS) is 1. The van der Waals surface area contributed by atoms with E-state index in [9.17, 15) is 13.6 Å². The highest BCUT2D eigenvalue weighted by molar-refractivity contribution is 7.10. The van der Waals surface area contributed by atoms with E-state index in [1.165, 1.54) is 22.8 Å². The molecule has 4 nitrogen and oxygen atoms in total. The third-order valence-corrected chi connectivity index (χ3v) is 2.78. The zero-order valence-electron chi connectivity index (χ0n) is 8.19. The second-order valence-electron chi connectivity index (χ2n) is 3.14. The van der Waals surface area contributed by atoms with E-state index >= 15 is 0 Å². The first kappa shape index (κ1) is 13.0. The number of carbonyl (C=O) groups is 1. The van der Waals surface area contributed by atoms with Gasteiger partial charge in [-0.3, -0.25) is 0 Å². The maximum absolute atomic E-state index is 11.9. The maximum atomic E-state index is 11.9. The van der Waals surface area contributed by atoms with Crippen LogP contribution in [0.4, 0.5) is 8.78 Å². The van der Waals surface area contributed by atoms with Gasteiger partial charge < -0.3 is 15.5 Å². The Bertz CT molecular complexity index is 356. The summed E-state index contributed by atoms with van der Waals surface area (Å²) >= 11 is 1.23. The number of hydrogen-bond acceptors (Lipinski definition) is 4. The minimum absolute atomic E-state index is 0.177. The fraction of sp³-hybridized carbons (Fsp3) is 0.444. The van der Waals surface area contributed by atoms with Crippen LogP contribution >= 0.6 is 11.3 Å². The van der Waals surface area contributed by atoms with Crippen LogP contribution < -0.4 is 5.32 Å². The molecule has 3 N–H and O–H groups in total. The minimum atomic E-state index is -2.77. The van der Waals surface area contributed by atoms with Gasteiger partial charge in [-0.1, -0.05) is 0 Å². The van der Waals surface area contributed by atoms with E-state index in [0.29, 0.717) is 0 Å². The molecule has 16 heavy (non-hydrogen) atoms. The summed E-state index contributed by atoms with van der Waals surface area (Å²) in [4.78, 5) is 11.3. The summed E-state index contributed by atoms with van der Waals surface area (Å²) in [6.45, 7) is 0.0414. The number of aromatic carboxylic acids is 1. The molecule has 0 spiro atoms. The largest absolute Gasteiger partial charge is 0.478 e. The van der Waals surface area contributed by atoms with Gasteiger partial charge in [-0.05, 0) is 6.07 Å². The SMILES string of the molecule is O=C(O)c1csc(CNCC(O)C(F)F)c1. The molecule has 90 valence electrons. The van der Waals surface area contributed by atoms with Crippen molar-refractivity contribution in [1.82, 2.24) is 5.32 Å². The van der Waals surface area contributed by atoms with E-state index in [0.717, 1.165) is 4.88 Å². The third-order valence-electron chi connectivity index (χ3n) is 1.84. The normalized spacial score (nSPS) is 13.0. The number of thiophene rings is 1. The van der Waals surface area contributed by atoms with Crippen molar-refractivity contribution < 1.29 is 23.8 Å². The molecular formula is C9H11F2NO3S. The summed E-state index contributed by atoms with van der Waals surface area (Å²) in [6, 6.07) is 1.47. The van der Waals surface area contributed by atoms with Gasteiger partial charge in [0.15, 0.2) is 0 Å². The average Bonchev–Trinajstić information content (AvgIpc) is 2.66. The minimum Gasteiger partial charge on any atom is -0.478 e. The van der Waals surface area contributed by atoms with Gasteiger partial charge in [-0.2, -0.15) is 0 Å². The van der Waals surface area contributed by atoms with Crippen molar-refractivity contribution in [1.29, 1.82) is 0 Å². The van der Waals surface area contributed by atoms with E-state index in [-0.39, 0.29) is 18.7 Å². The van der Waals surface area contributed by atoms with Crippen molar-refractivity contribution in [3.05, 3.63) is 21.9 Å². The molecule has 1 atom stereocenters. The van der Waals surface area contributed by atoms with Gasteiger partial charge in [0.25, 0.3) is 6.43 Å². The number of rotatable bonds is 6. The lowest BCUT2D eigenvalue weighted by atomic mass is 10.3. The van der Waals surface area contributed by atoms with Crippen LogP contribution in [0.15, 0.2) is 11.4 Å². The van der Waals surface area contributed by atoms with E-state index in [1.54, 1.807) is 0 Å². The van der Waals surface area contributed by atoms with Crippen LogP contribution in [0.3, 0.4) is 0 Å². The van der Waals surface area contributed by atoms with Crippen molar-refractivity contribution in [2.45, 2.75) is 19.1 Å². The monoisotopic (exact) mass is 251 g/mol. The van der Waals surface area contributed by atoms with Gasteiger partial charge >= 0.3 is 5.97 Å². The molecule has 0 aliphatic carbocycles. The molecule has 0 saturated carbocycles. The summed E-state index contributed by atoms with van der Waals surface area (Å²) in [5.74, 6) is -1.02. The molecule has 0 bridgehead atoms. The van der Waals surface area contributed by atoms with E-state index in [1.807, 2.05) is 0 Å². The molecular weight excluding hydrogens is 240 g/mol. The zero-order valence-corrected chi connectivity index (χ0v) is 9.01. The van der Waals surface area contributed by atoms with Crippen molar-refractivity contribution in [3.8, 4) is 0 Å². The number of aliphatic hydroxyl groups excluding tert-OH is 1. The Morgan fingerprint density at radius 2 is 2.25 bits per heavy atom. The van der Waals surface area contributed by atoms with Crippen LogP contribution in [0.5, 0.6) is 0 Å². The summed E-state index contributed by atoms with van der Waals surface area (Å²) in [7, 11) is 0. The van der Waals surface area contributed by atoms with Crippen molar-refractivity contribution in [2.75, 3.05) is 6.54 Å². The molecule has 1 aromatic rings. The summed E-state index contributed by atoms with van der Waals surface area (Å²) in [5.41, 5.74) is 0.177. The van der Waals surface area contributed by atoms with Crippen LogP contribution in [-0.4, -0.2) is 35.3 Å². The molecule has 0 aromatic carbocycles. The highest BCUT2D eigenvalue weighted by Crippen LogP contribution is 2.14. The molecule has 0 fully saturated rings. The molecule has 0 aliphatic heterocycles. The fourth-order valence-electron chi connectivity index (χ4n) is 1.02. The van der Waals surface area contributed by atoms with Gasteiger partial charge in [0.1, 0.15) is 6.10 Å². The van der Waals surface area contributed by atoms with Crippen LogP contribution in [0.1, 0.15) is 15.2 Å². The highest BCUT2D eigenvalue weighted by Gasteiger charge is 2.15. The highest BCUT2D eigenvalue weighted by atomic mass is 32.1. The first-order chi connectivity index (χ1) is 7.50. The predicted molar refractivity (Wildman–Crippen MR) is 55.0 cm³/mol. The molecule has 0 radical (unpaired) electrons. The first-order valence-electron chi connectivity index (χ1n) is 4.48. The van der Waals surface area contributed by atoms with Gasteiger partial charge in [-0.25, -0.2) is 13.6 Å². The van der Waals surface area contributed by atoms with E-state index in [4.69, 9.17) is 10.2 Å². The standard InChI is InChI=1S/C9H11F2NO3S/c10-8(11)7(13)3-12-2-6-1-5(4-16-6)9(14)15/h1,4,7-8,12-13H,2-3H2,(H,14,15). The number of nitrogens with one attached hydrogen (secondary N) is 1. The lowest BCUT2D eigenvalue weighted by Crippen LogP contribution is -2.31. The molecule has 1 heterocycles. The number of carboxylic acids is 1. The Morgan fingerprint density at radius 1 is 1.56 bits per heavy atom. The first-order valence-corrected chi connectivity index (χ1v) is 5.36. The average molecular weight is 251 g/mol. The summed E-state index contributed by atoms with van der Waals surface area (Å²) < 4.78 is 23.8. The summed E-state index contributed by atoms with van der Waals surface area (Å²) in [5, 5.41) is 21.5. The Hall–Kier alpha value is -1.05. The van der Waals surface area contributed by atoms with Crippen LogP contribution in [0, 0.1) is 0 Å². The smallest absolute Gasteiger partial charge is 0.336 e. The lowest BCUT2D eigenvalue weighted by molar-refractivity contribution is -0.00337. The van der Waals surface area contributed by atoms with Gasteiger partial charge in [0.2, 0.25) is 0 Å². The summed E-state index contributed by atoms with van der Waals surface area (Å²) in [6.07, 6.45) is -4.47. The second-order valence-corrected chi connectivity index (χ2v) is 4.14. The Balaban J connectivity index is 2.35. The molecule has 0 amide bonds. The number of aliphatic hydroxyl groups is 1. The Morgan fingerprint density at radius 3 is 2.75 bits per heavy atom. The zero-order chi connectivity index (χ0) is 12.1. The van der Waals surface area contributed by atoms with Gasteiger partial charge in [0.05, 0.1) is 5.56 Å². The van der Waals surface area contributed by atoms with Crippen LogP contribution in [-0.2, 0) is 6.54 Å². The van der Waals surface area contributed by atoms with E-state index in [2.05, 4.69) is 5.32 Å². The lowest BCUT2D eigenvalue weighted by Gasteiger charge is -2.09. The molecule has 1 rings (SSSR count). The van der Waals surface area contributed by atoms with Crippen molar-refractivity contribution in [2.24, 2.45) is 0 Å².